The molecule has 80 valence electrons. The Bertz CT molecular complexity index is 392. The van der Waals surface area contributed by atoms with Gasteiger partial charge in [0.25, 0.3) is 0 Å². The zero-order valence-corrected chi connectivity index (χ0v) is 10.0. The van der Waals surface area contributed by atoms with E-state index >= 15 is 0 Å². The summed E-state index contributed by atoms with van der Waals surface area (Å²) in [5, 5.41) is 9.96. The van der Waals surface area contributed by atoms with E-state index in [2.05, 4.69) is 0 Å². The highest BCUT2D eigenvalue weighted by Crippen LogP contribution is 2.29. The summed E-state index contributed by atoms with van der Waals surface area (Å²) in [7, 11) is 0. The third-order valence-electron chi connectivity index (χ3n) is 1.68. The summed E-state index contributed by atoms with van der Waals surface area (Å²) in [5.41, 5.74) is 0. The van der Waals surface area contributed by atoms with Crippen LogP contribution in [0.1, 0.15) is 13.8 Å². The number of aliphatic hydroxyl groups is 1. The first-order valence-electron chi connectivity index (χ1n) is 4.35. The number of carbonyl (C=O) groups excluding carboxylic acids is 1. The molecule has 0 bridgehead atoms. The van der Waals surface area contributed by atoms with Crippen molar-refractivity contribution in [2.45, 2.75) is 18.7 Å². The number of benzene rings is 1. The molecule has 15 heavy (non-hydrogen) atoms. The Morgan fingerprint density at radius 3 is 2.20 bits per heavy atom. The summed E-state index contributed by atoms with van der Waals surface area (Å²) in [6.07, 6.45) is 0. The lowest BCUT2D eigenvalue weighted by molar-refractivity contribution is -0.113. The first-order valence-corrected chi connectivity index (χ1v) is 5.54. The monoisotopic (exact) mass is 242 g/mol. The van der Waals surface area contributed by atoms with Crippen molar-refractivity contribution < 1.29 is 9.90 Å². The number of halogens is 1. The second-order valence-electron chi connectivity index (χ2n) is 3.03. The van der Waals surface area contributed by atoms with Gasteiger partial charge in [-0.1, -0.05) is 23.4 Å². The average molecular weight is 243 g/mol. The van der Waals surface area contributed by atoms with Crippen LogP contribution in [0, 0.1) is 0 Å². The van der Waals surface area contributed by atoms with Crippen molar-refractivity contribution >= 4 is 29.1 Å². The Kier molecular flexibility index (Phi) is 4.24. The molecule has 0 radical (unpaired) electrons. The fourth-order valence-electron chi connectivity index (χ4n) is 1.02. The minimum Gasteiger partial charge on any atom is -0.511 e. The van der Waals surface area contributed by atoms with Crippen LogP contribution in [0.15, 0.2) is 39.8 Å². The van der Waals surface area contributed by atoms with Gasteiger partial charge in [0.1, 0.15) is 5.76 Å². The Balaban J connectivity index is 2.90. The van der Waals surface area contributed by atoms with Crippen LogP contribution in [-0.2, 0) is 4.79 Å². The molecule has 1 aromatic rings. The molecule has 4 heteroatoms. The lowest BCUT2D eigenvalue weighted by atomic mass is 10.3. The summed E-state index contributed by atoms with van der Waals surface area (Å²) in [6.45, 7) is 2.93. The smallest absolute Gasteiger partial charge is 0.169 e. The third kappa shape index (κ3) is 3.61. The van der Waals surface area contributed by atoms with E-state index in [1.165, 1.54) is 25.6 Å². The first-order chi connectivity index (χ1) is 7.00. The molecule has 0 amide bonds. The Labute approximate surface area is 97.9 Å². The second-order valence-corrected chi connectivity index (χ2v) is 4.55. The van der Waals surface area contributed by atoms with Crippen molar-refractivity contribution in [3.05, 3.63) is 40.0 Å². The van der Waals surface area contributed by atoms with Crippen LogP contribution in [0.25, 0.3) is 0 Å². The zero-order valence-electron chi connectivity index (χ0n) is 8.45. The van der Waals surface area contributed by atoms with Crippen LogP contribution in [0.2, 0.25) is 5.02 Å². The van der Waals surface area contributed by atoms with Gasteiger partial charge in [-0.25, -0.2) is 0 Å². The van der Waals surface area contributed by atoms with Crippen molar-refractivity contribution in [1.29, 1.82) is 0 Å². The van der Waals surface area contributed by atoms with Gasteiger partial charge in [0.15, 0.2) is 5.78 Å². The summed E-state index contributed by atoms with van der Waals surface area (Å²) < 4.78 is 0. The van der Waals surface area contributed by atoms with E-state index in [0.717, 1.165) is 4.90 Å². The summed E-state index contributed by atoms with van der Waals surface area (Å²) in [4.78, 5) is 12.4. The molecule has 0 aliphatic carbocycles. The van der Waals surface area contributed by atoms with Gasteiger partial charge in [-0.2, -0.15) is 0 Å². The van der Waals surface area contributed by atoms with Crippen molar-refractivity contribution in [1.82, 2.24) is 0 Å². The lowest BCUT2D eigenvalue weighted by Gasteiger charge is -2.04. The van der Waals surface area contributed by atoms with E-state index in [0.29, 0.717) is 9.93 Å². The topological polar surface area (TPSA) is 37.3 Å². The number of carbonyl (C=O) groups is 1. The maximum atomic E-state index is 11.2. The molecule has 0 atom stereocenters. The number of hydrogen-bond donors (Lipinski definition) is 1. The van der Waals surface area contributed by atoms with Crippen LogP contribution in [0.5, 0.6) is 0 Å². The molecule has 1 rings (SSSR count). The molecule has 0 spiro atoms. The first kappa shape index (κ1) is 12.1. The van der Waals surface area contributed by atoms with Crippen LogP contribution < -0.4 is 0 Å². The quantitative estimate of drug-likeness (QED) is 0.498. The van der Waals surface area contributed by atoms with Crippen molar-refractivity contribution in [3.8, 4) is 0 Å². The van der Waals surface area contributed by atoms with Crippen LogP contribution in [-0.4, -0.2) is 10.9 Å². The van der Waals surface area contributed by atoms with Gasteiger partial charge in [-0.15, -0.1) is 0 Å². The summed E-state index contributed by atoms with van der Waals surface area (Å²) >= 11 is 6.97. The molecule has 0 fully saturated rings. The van der Waals surface area contributed by atoms with E-state index in [9.17, 15) is 9.90 Å². The van der Waals surface area contributed by atoms with Gasteiger partial charge >= 0.3 is 0 Å². The van der Waals surface area contributed by atoms with Gasteiger partial charge in [0.2, 0.25) is 0 Å². The molecule has 1 N–H and O–H groups in total. The number of allylic oxidation sites excluding steroid dienone is 2. The van der Waals surface area contributed by atoms with E-state index in [1.807, 2.05) is 0 Å². The van der Waals surface area contributed by atoms with E-state index in [1.54, 1.807) is 24.3 Å². The van der Waals surface area contributed by atoms with Crippen LogP contribution in [0.3, 0.4) is 0 Å². The highest BCUT2D eigenvalue weighted by atomic mass is 35.5. The molecule has 0 saturated heterocycles. The van der Waals surface area contributed by atoms with Gasteiger partial charge in [0, 0.05) is 9.92 Å². The molecule has 0 saturated carbocycles. The van der Waals surface area contributed by atoms with Gasteiger partial charge < -0.3 is 5.11 Å². The molecule has 0 heterocycles. The number of aliphatic hydroxyl groups excluding tert-OH is 1. The third-order valence-corrected chi connectivity index (χ3v) is 3.23. The number of ketones is 1. The van der Waals surface area contributed by atoms with Gasteiger partial charge in [0.05, 0.1) is 4.91 Å². The standard InChI is InChI=1S/C11H11ClO2S/c1-7(13)11(8(2)14)15-10-5-3-9(12)4-6-10/h3-6,13H,1-2H3. The fraction of sp³-hybridized carbons (Fsp3) is 0.182. The molecule has 0 aliphatic rings. The maximum Gasteiger partial charge on any atom is 0.169 e. The maximum absolute atomic E-state index is 11.2. The molecule has 2 nitrogen and oxygen atoms in total. The zero-order chi connectivity index (χ0) is 11.4. The predicted octanol–water partition coefficient (Wildman–Crippen LogP) is 3.81. The van der Waals surface area contributed by atoms with E-state index in [-0.39, 0.29) is 11.5 Å². The van der Waals surface area contributed by atoms with Gasteiger partial charge in [-0.05, 0) is 38.1 Å². The van der Waals surface area contributed by atoms with E-state index < -0.39 is 0 Å². The Hall–Kier alpha value is -0.930. The summed E-state index contributed by atoms with van der Waals surface area (Å²) in [5.74, 6) is -0.0996. The predicted molar refractivity (Wildman–Crippen MR) is 63.3 cm³/mol. The van der Waals surface area contributed by atoms with Crippen LogP contribution >= 0.6 is 23.4 Å². The average Bonchev–Trinajstić information content (AvgIpc) is 2.15. The molecular formula is C11H11ClO2S. The Morgan fingerprint density at radius 2 is 1.80 bits per heavy atom. The molecule has 0 aromatic heterocycles. The highest BCUT2D eigenvalue weighted by Gasteiger charge is 2.09. The van der Waals surface area contributed by atoms with Crippen molar-refractivity contribution in [2.75, 3.05) is 0 Å². The normalized spacial score (nSPS) is 12.2. The number of Topliss-reactive ketones (excluding diaryl/α,β-unsaturated/α-hetero) is 1. The molecule has 1 aromatic carbocycles. The van der Waals surface area contributed by atoms with E-state index in [4.69, 9.17) is 11.6 Å². The molecule has 0 unspecified atom stereocenters. The SMILES string of the molecule is CC(=O)C(Sc1ccc(Cl)cc1)=C(C)O. The minimum atomic E-state index is -0.144. The number of thioether (sulfide) groups is 1. The number of hydrogen-bond acceptors (Lipinski definition) is 3. The Morgan fingerprint density at radius 1 is 1.27 bits per heavy atom. The summed E-state index contributed by atoms with van der Waals surface area (Å²) in [6, 6.07) is 7.10. The minimum absolute atomic E-state index is 0.0439. The fourth-order valence-corrected chi connectivity index (χ4v) is 1.95. The van der Waals surface area contributed by atoms with Crippen molar-refractivity contribution in [2.24, 2.45) is 0 Å². The second kappa shape index (κ2) is 5.24. The van der Waals surface area contributed by atoms with Crippen LogP contribution in [0.4, 0.5) is 0 Å². The van der Waals surface area contributed by atoms with Crippen molar-refractivity contribution in [3.63, 3.8) is 0 Å². The van der Waals surface area contributed by atoms with Gasteiger partial charge in [-0.3, -0.25) is 4.79 Å². The molecule has 0 aliphatic heterocycles. The number of rotatable bonds is 3. The lowest BCUT2D eigenvalue weighted by Crippen LogP contribution is -1.95. The molecular weight excluding hydrogens is 232 g/mol. The largest absolute Gasteiger partial charge is 0.511 e. The highest BCUT2D eigenvalue weighted by molar-refractivity contribution is 8.04.